The van der Waals surface area contributed by atoms with Gasteiger partial charge in [-0.1, -0.05) is 12.1 Å². The van der Waals surface area contributed by atoms with Crippen LogP contribution in [0, 0.1) is 6.92 Å². The fourth-order valence-electron chi connectivity index (χ4n) is 1.61. The van der Waals surface area contributed by atoms with Crippen molar-refractivity contribution in [2.24, 2.45) is 0 Å². The summed E-state index contributed by atoms with van der Waals surface area (Å²) in [5.41, 5.74) is 1.12. The van der Waals surface area contributed by atoms with Crippen LogP contribution in [0.15, 0.2) is 24.3 Å². The van der Waals surface area contributed by atoms with Crippen molar-refractivity contribution in [3.05, 3.63) is 29.8 Å². The molecule has 0 aromatic heterocycles. The van der Waals surface area contributed by atoms with E-state index in [9.17, 15) is 9.59 Å². The van der Waals surface area contributed by atoms with Gasteiger partial charge in [-0.2, -0.15) is 12.6 Å². The Morgan fingerprint density at radius 2 is 2.15 bits per heavy atom. The molecule has 0 aliphatic heterocycles. The maximum Gasteiger partial charge on any atom is 0.243 e. The van der Waals surface area contributed by atoms with Crippen LogP contribution in [0.3, 0.4) is 0 Å². The van der Waals surface area contributed by atoms with Crippen molar-refractivity contribution >= 4 is 24.4 Å². The quantitative estimate of drug-likeness (QED) is 0.518. The average Bonchev–Trinajstić information content (AvgIpc) is 2.40. The Morgan fingerprint density at radius 1 is 1.40 bits per heavy atom. The fraction of sp³-hybridized carbons (Fsp3) is 0.429. The van der Waals surface area contributed by atoms with E-state index < -0.39 is 6.04 Å². The van der Waals surface area contributed by atoms with Gasteiger partial charge < -0.3 is 15.4 Å². The molecule has 2 N–H and O–H groups in total. The molecule has 0 saturated carbocycles. The molecule has 0 aliphatic rings. The highest BCUT2D eigenvalue weighted by molar-refractivity contribution is 7.80. The third-order valence-electron chi connectivity index (χ3n) is 2.54. The molecule has 6 heteroatoms. The molecule has 0 radical (unpaired) electrons. The SMILES string of the molecule is CC(=O)NC(CS)C(=O)NCCOc1cccc(C)c1. The van der Waals surface area contributed by atoms with Gasteiger partial charge in [-0.05, 0) is 24.6 Å². The molecular formula is C14H20N2O3S. The summed E-state index contributed by atoms with van der Waals surface area (Å²) in [6.45, 7) is 4.09. The lowest BCUT2D eigenvalue weighted by atomic mass is 10.2. The highest BCUT2D eigenvalue weighted by Gasteiger charge is 2.16. The van der Waals surface area contributed by atoms with Gasteiger partial charge in [-0.25, -0.2) is 0 Å². The van der Waals surface area contributed by atoms with Crippen molar-refractivity contribution in [2.45, 2.75) is 19.9 Å². The van der Waals surface area contributed by atoms with Gasteiger partial charge in [0.05, 0.1) is 6.54 Å². The standard InChI is InChI=1S/C14H20N2O3S/c1-10-4-3-5-12(8-10)19-7-6-15-14(18)13(9-20)16-11(2)17/h3-5,8,13,20H,6-7,9H2,1-2H3,(H,15,18)(H,16,17). The van der Waals surface area contributed by atoms with Crippen LogP contribution in [0.25, 0.3) is 0 Å². The predicted octanol–water partition coefficient (Wildman–Crippen LogP) is 0.925. The topological polar surface area (TPSA) is 67.4 Å². The van der Waals surface area contributed by atoms with E-state index in [1.165, 1.54) is 6.92 Å². The Morgan fingerprint density at radius 3 is 2.75 bits per heavy atom. The van der Waals surface area contributed by atoms with Crippen molar-refractivity contribution in [3.8, 4) is 5.75 Å². The highest BCUT2D eigenvalue weighted by Crippen LogP contribution is 2.11. The lowest BCUT2D eigenvalue weighted by molar-refractivity contribution is -0.127. The number of benzene rings is 1. The van der Waals surface area contributed by atoms with Gasteiger partial charge in [-0.3, -0.25) is 9.59 Å². The maximum absolute atomic E-state index is 11.7. The maximum atomic E-state index is 11.7. The molecule has 1 aromatic rings. The molecule has 1 unspecified atom stereocenters. The van der Waals surface area contributed by atoms with Crippen LogP contribution in [0.5, 0.6) is 5.75 Å². The second-order valence-electron chi connectivity index (χ2n) is 4.39. The smallest absolute Gasteiger partial charge is 0.243 e. The summed E-state index contributed by atoms with van der Waals surface area (Å²) < 4.78 is 5.51. The molecule has 20 heavy (non-hydrogen) atoms. The summed E-state index contributed by atoms with van der Waals surface area (Å²) in [6.07, 6.45) is 0. The number of carbonyl (C=O) groups is 2. The zero-order valence-corrected chi connectivity index (χ0v) is 12.6. The third-order valence-corrected chi connectivity index (χ3v) is 2.90. The predicted molar refractivity (Wildman–Crippen MR) is 81.1 cm³/mol. The Labute approximate surface area is 124 Å². The van der Waals surface area contributed by atoms with Crippen LogP contribution in [0.2, 0.25) is 0 Å². The fourth-order valence-corrected chi connectivity index (χ4v) is 1.87. The number of rotatable bonds is 7. The lowest BCUT2D eigenvalue weighted by Crippen LogP contribution is -2.48. The van der Waals surface area contributed by atoms with Crippen molar-refractivity contribution in [2.75, 3.05) is 18.9 Å². The van der Waals surface area contributed by atoms with Crippen molar-refractivity contribution in [1.82, 2.24) is 10.6 Å². The summed E-state index contributed by atoms with van der Waals surface area (Å²) in [7, 11) is 0. The number of nitrogens with one attached hydrogen (secondary N) is 2. The number of hydrogen-bond acceptors (Lipinski definition) is 4. The number of carbonyl (C=O) groups excluding carboxylic acids is 2. The Balaban J connectivity index is 2.29. The molecule has 0 heterocycles. The average molecular weight is 296 g/mol. The Hall–Kier alpha value is -1.69. The van der Waals surface area contributed by atoms with Crippen LogP contribution in [-0.2, 0) is 9.59 Å². The monoisotopic (exact) mass is 296 g/mol. The first-order valence-corrected chi connectivity index (χ1v) is 7.01. The summed E-state index contributed by atoms with van der Waals surface area (Å²) in [4.78, 5) is 22.7. The van der Waals surface area contributed by atoms with Crippen LogP contribution >= 0.6 is 12.6 Å². The Kier molecular flexibility index (Phi) is 6.93. The minimum Gasteiger partial charge on any atom is -0.492 e. The summed E-state index contributed by atoms with van der Waals surface area (Å²) >= 11 is 4.04. The van der Waals surface area contributed by atoms with E-state index in [-0.39, 0.29) is 17.6 Å². The molecule has 0 bridgehead atoms. The number of hydrogen-bond donors (Lipinski definition) is 3. The molecule has 1 aromatic carbocycles. The number of amides is 2. The molecule has 0 fully saturated rings. The number of thiol groups is 1. The molecule has 0 saturated heterocycles. The van der Waals surface area contributed by atoms with E-state index in [4.69, 9.17) is 4.74 Å². The van der Waals surface area contributed by atoms with Gasteiger partial charge >= 0.3 is 0 Å². The van der Waals surface area contributed by atoms with Crippen LogP contribution in [0.4, 0.5) is 0 Å². The zero-order valence-electron chi connectivity index (χ0n) is 11.7. The molecule has 1 rings (SSSR count). The van der Waals surface area contributed by atoms with E-state index in [0.717, 1.165) is 11.3 Å². The third kappa shape index (κ3) is 5.97. The largest absolute Gasteiger partial charge is 0.492 e. The van der Waals surface area contributed by atoms with Crippen LogP contribution in [-0.4, -0.2) is 36.8 Å². The summed E-state index contributed by atoms with van der Waals surface area (Å²) in [5, 5.41) is 5.22. The number of aryl methyl sites for hydroxylation is 1. The molecule has 110 valence electrons. The molecule has 1 atom stereocenters. The normalized spacial score (nSPS) is 11.6. The minimum absolute atomic E-state index is 0.254. The molecular weight excluding hydrogens is 276 g/mol. The molecule has 2 amide bonds. The van der Waals surface area contributed by atoms with Gasteiger partial charge in [0.15, 0.2) is 0 Å². The first kappa shape index (κ1) is 16.4. The van der Waals surface area contributed by atoms with Gasteiger partial charge in [0.2, 0.25) is 11.8 Å². The van der Waals surface area contributed by atoms with E-state index in [1.807, 2.05) is 31.2 Å². The summed E-state index contributed by atoms with van der Waals surface area (Å²) in [6, 6.07) is 7.07. The van der Waals surface area contributed by atoms with E-state index in [1.54, 1.807) is 0 Å². The minimum atomic E-state index is -0.616. The molecule has 0 spiro atoms. The second-order valence-corrected chi connectivity index (χ2v) is 4.76. The molecule has 5 nitrogen and oxygen atoms in total. The van der Waals surface area contributed by atoms with Gasteiger partial charge in [0.1, 0.15) is 18.4 Å². The van der Waals surface area contributed by atoms with Gasteiger partial charge in [-0.15, -0.1) is 0 Å². The van der Waals surface area contributed by atoms with Crippen molar-refractivity contribution in [3.63, 3.8) is 0 Å². The van der Waals surface area contributed by atoms with E-state index >= 15 is 0 Å². The van der Waals surface area contributed by atoms with E-state index in [2.05, 4.69) is 23.3 Å². The highest BCUT2D eigenvalue weighted by atomic mass is 32.1. The van der Waals surface area contributed by atoms with Crippen LogP contribution in [0.1, 0.15) is 12.5 Å². The first-order chi connectivity index (χ1) is 9.52. The van der Waals surface area contributed by atoms with Crippen molar-refractivity contribution < 1.29 is 14.3 Å². The van der Waals surface area contributed by atoms with Gasteiger partial charge in [0.25, 0.3) is 0 Å². The van der Waals surface area contributed by atoms with Crippen LogP contribution < -0.4 is 15.4 Å². The summed E-state index contributed by atoms with van der Waals surface area (Å²) in [5.74, 6) is 0.509. The molecule has 0 aliphatic carbocycles. The second kappa shape index (κ2) is 8.47. The van der Waals surface area contributed by atoms with E-state index in [0.29, 0.717) is 13.2 Å². The zero-order chi connectivity index (χ0) is 15.0. The Bertz CT molecular complexity index is 465. The lowest BCUT2D eigenvalue weighted by Gasteiger charge is -2.15. The van der Waals surface area contributed by atoms with Crippen molar-refractivity contribution in [1.29, 1.82) is 0 Å². The number of ether oxygens (including phenoxy) is 1. The van der Waals surface area contributed by atoms with Gasteiger partial charge in [0, 0.05) is 12.7 Å². The first-order valence-electron chi connectivity index (χ1n) is 6.38.